The molecule has 1 fully saturated rings. The second-order valence-electron chi connectivity index (χ2n) is 8.16. The van der Waals surface area contributed by atoms with Gasteiger partial charge in [-0.15, -0.1) is 0 Å². The van der Waals surface area contributed by atoms with Crippen molar-refractivity contribution in [1.29, 1.82) is 0 Å². The van der Waals surface area contributed by atoms with Gasteiger partial charge in [-0.3, -0.25) is 9.48 Å². The van der Waals surface area contributed by atoms with Crippen LogP contribution in [0.25, 0.3) is 11.3 Å². The van der Waals surface area contributed by atoms with Gasteiger partial charge in [-0.1, -0.05) is 12.1 Å². The maximum absolute atomic E-state index is 12.6. The number of aryl methyl sites for hydroxylation is 1. The summed E-state index contributed by atoms with van der Waals surface area (Å²) in [6.07, 6.45) is 4.24. The molecule has 142 valence electrons. The minimum Gasteiger partial charge on any atom is -0.355 e. The van der Waals surface area contributed by atoms with Crippen molar-refractivity contribution in [2.24, 2.45) is 13.0 Å². The van der Waals surface area contributed by atoms with Crippen molar-refractivity contribution in [2.45, 2.75) is 46.1 Å². The van der Waals surface area contributed by atoms with E-state index in [-0.39, 0.29) is 11.4 Å². The summed E-state index contributed by atoms with van der Waals surface area (Å²) in [6.45, 7) is 11.4. The zero-order chi connectivity index (χ0) is 18.9. The van der Waals surface area contributed by atoms with Crippen molar-refractivity contribution < 1.29 is 9.32 Å². The van der Waals surface area contributed by atoms with E-state index in [1.54, 1.807) is 16.9 Å². The number of rotatable bonds is 5. The molecule has 3 heterocycles. The summed E-state index contributed by atoms with van der Waals surface area (Å²) in [5.41, 5.74) is 1.77. The summed E-state index contributed by atoms with van der Waals surface area (Å²) in [5, 5.41) is 11.2. The summed E-state index contributed by atoms with van der Waals surface area (Å²) >= 11 is 0. The zero-order valence-corrected chi connectivity index (χ0v) is 16.4. The van der Waals surface area contributed by atoms with Gasteiger partial charge in [0.15, 0.2) is 11.5 Å². The molecule has 2 aromatic heterocycles. The van der Waals surface area contributed by atoms with Crippen LogP contribution in [0.15, 0.2) is 16.8 Å². The van der Waals surface area contributed by atoms with Gasteiger partial charge in [-0.05, 0) is 46.1 Å². The number of hydrogen-bond donors (Lipinski definition) is 1. The van der Waals surface area contributed by atoms with E-state index in [0.717, 1.165) is 36.8 Å². The van der Waals surface area contributed by atoms with Crippen molar-refractivity contribution in [3.8, 4) is 11.3 Å². The van der Waals surface area contributed by atoms with E-state index < -0.39 is 0 Å². The van der Waals surface area contributed by atoms with Gasteiger partial charge in [-0.25, -0.2) is 0 Å². The van der Waals surface area contributed by atoms with E-state index in [0.29, 0.717) is 11.5 Å². The molecule has 1 saturated heterocycles. The Bertz CT molecular complexity index is 777. The molecule has 0 saturated carbocycles. The topological polar surface area (TPSA) is 76.2 Å². The third-order valence-corrected chi connectivity index (χ3v) is 5.06. The van der Waals surface area contributed by atoms with E-state index in [9.17, 15) is 4.79 Å². The lowest BCUT2D eigenvalue weighted by molar-refractivity contribution is 0.0854. The fraction of sp³-hybridized carbons (Fsp3) is 0.632. The normalized spacial score (nSPS) is 18.9. The van der Waals surface area contributed by atoms with Crippen LogP contribution in [0.3, 0.4) is 0 Å². The van der Waals surface area contributed by atoms with Crippen LogP contribution in [0.1, 0.15) is 49.8 Å². The SMILES string of the molecule is Cc1c(-c2cc(C(=O)NC(C)(C)CN3CCC[C@@H](C)C3)no2)cnn1C. The summed E-state index contributed by atoms with van der Waals surface area (Å²) in [5.74, 6) is 1.07. The predicted octanol–water partition coefficient (Wildman–Crippen LogP) is 2.62. The number of piperidine rings is 1. The number of amides is 1. The fourth-order valence-electron chi connectivity index (χ4n) is 3.65. The highest BCUT2D eigenvalue weighted by molar-refractivity contribution is 5.93. The maximum Gasteiger partial charge on any atom is 0.273 e. The van der Waals surface area contributed by atoms with E-state index >= 15 is 0 Å². The van der Waals surface area contributed by atoms with Crippen LogP contribution in [0.4, 0.5) is 0 Å². The Labute approximate surface area is 154 Å². The highest BCUT2D eigenvalue weighted by Crippen LogP contribution is 2.24. The first kappa shape index (κ1) is 18.6. The van der Waals surface area contributed by atoms with Gasteiger partial charge >= 0.3 is 0 Å². The lowest BCUT2D eigenvalue weighted by Gasteiger charge is -2.37. The first-order chi connectivity index (χ1) is 12.2. The minimum absolute atomic E-state index is 0.211. The number of hydrogen-bond acceptors (Lipinski definition) is 5. The zero-order valence-electron chi connectivity index (χ0n) is 16.4. The van der Waals surface area contributed by atoms with Crippen LogP contribution in [0.2, 0.25) is 0 Å². The molecule has 7 nitrogen and oxygen atoms in total. The van der Waals surface area contributed by atoms with Crippen LogP contribution in [-0.2, 0) is 7.05 Å². The Kier molecular flexibility index (Phi) is 5.18. The van der Waals surface area contributed by atoms with Crippen LogP contribution in [0.5, 0.6) is 0 Å². The molecule has 7 heteroatoms. The van der Waals surface area contributed by atoms with Crippen molar-refractivity contribution in [3.63, 3.8) is 0 Å². The highest BCUT2D eigenvalue weighted by atomic mass is 16.5. The summed E-state index contributed by atoms with van der Waals surface area (Å²) < 4.78 is 7.13. The Hall–Kier alpha value is -2.15. The molecular formula is C19H29N5O2. The van der Waals surface area contributed by atoms with E-state index in [2.05, 4.69) is 41.2 Å². The van der Waals surface area contributed by atoms with E-state index in [1.807, 2.05) is 14.0 Å². The monoisotopic (exact) mass is 359 g/mol. The van der Waals surface area contributed by atoms with Crippen LogP contribution in [-0.4, -0.2) is 50.9 Å². The fourth-order valence-corrected chi connectivity index (χ4v) is 3.65. The van der Waals surface area contributed by atoms with Gasteiger partial charge in [0.2, 0.25) is 0 Å². The lowest BCUT2D eigenvalue weighted by Crippen LogP contribution is -2.53. The molecule has 2 aromatic rings. The molecule has 1 aliphatic heterocycles. The molecule has 1 N–H and O–H groups in total. The second kappa shape index (κ2) is 7.23. The first-order valence-electron chi connectivity index (χ1n) is 9.26. The van der Waals surface area contributed by atoms with Crippen LogP contribution in [0, 0.1) is 12.8 Å². The maximum atomic E-state index is 12.6. The molecule has 26 heavy (non-hydrogen) atoms. The van der Waals surface area contributed by atoms with Crippen molar-refractivity contribution >= 4 is 5.91 Å². The average molecular weight is 359 g/mol. The van der Waals surface area contributed by atoms with Crippen LogP contribution >= 0.6 is 0 Å². The highest BCUT2D eigenvalue weighted by Gasteiger charge is 2.28. The molecule has 0 spiro atoms. The molecule has 1 aliphatic rings. The molecule has 0 aliphatic carbocycles. The van der Waals surface area contributed by atoms with Gasteiger partial charge in [0.1, 0.15) is 0 Å². The number of nitrogens with one attached hydrogen (secondary N) is 1. The number of likely N-dealkylation sites (tertiary alicyclic amines) is 1. The molecular weight excluding hydrogens is 330 g/mol. The largest absolute Gasteiger partial charge is 0.355 e. The van der Waals surface area contributed by atoms with Gasteiger partial charge in [0.25, 0.3) is 5.91 Å². The van der Waals surface area contributed by atoms with Gasteiger partial charge in [0.05, 0.1) is 11.8 Å². The third-order valence-electron chi connectivity index (χ3n) is 5.06. The van der Waals surface area contributed by atoms with Crippen molar-refractivity contribution in [3.05, 3.63) is 23.7 Å². The lowest BCUT2D eigenvalue weighted by atomic mass is 9.97. The molecule has 1 amide bonds. The van der Waals surface area contributed by atoms with Gasteiger partial charge < -0.3 is 14.7 Å². The summed E-state index contributed by atoms with van der Waals surface area (Å²) in [7, 11) is 1.87. The predicted molar refractivity (Wildman–Crippen MR) is 99.8 cm³/mol. The van der Waals surface area contributed by atoms with Gasteiger partial charge in [0, 0.05) is 37.4 Å². The Balaban J connectivity index is 1.65. The molecule has 3 rings (SSSR count). The number of aromatic nitrogens is 3. The Morgan fingerprint density at radius 2 is 2.23 bits per heavy atom. The second-order valence-corrected chi connectivity index (χ2v) is 8.16. The minimum atomic E-state index is -0.336. The van der Waals surface area contributed by atoms with Crippen molar-refractivity contribution in [1.82, 2.24) is 25.2 Å². The van der Waals surface area contributed by atoms with Crippen molar-refractivity contribution in [2.75, 3.05) is 19.6 Å². The van der Waals surface area contributed by atoms with Crippen LogP contribution < -0.4 is 5.32 Å². The average Bonchev–Trinajstić information content (AvgIpc) is 3.14. The number of carbonyl (C=O) groups is 1. The first-order valence-corrected chi connectivity index (χ1v) is 9.26. The molecule has 0 bridgehead atoms. The number of carbonyl (C=O) groups excluding carboxylic acids is 1. The Morgan fingerprint density at radius 1 is 1.46 bits per heavy atom. The Morgan fingerprint density at radius 3 is 2.88 bits per heavy atom. The standard InChI is InChI=1S/C19H29N5O2/c1-13-7-6-8-24(11-13)12-19(3,4)21-18(25)16-9-17(26-22-16)15-10-20-23(5)14(15)2/h9-10,13H,6-8,11-12H2,1-5H3,(H,21,25)/t13-/m1/s1. The molecule has 1 atom stereocenters. The van der Waals surface area contributed by atoms with E-state index in [4.69, 9.17) is 4.52 Å². The molecule has 0 radical (unpaired) electrons. The molecule has 0 aromatic carbocycles. The quantitative estimate of drug-likeness (QED) is 0.888. The molecule has 0 unspecified atom stereocenters. The van der Waals surface area contributed by atoms with Gasteiger partial charge in [-0.2, -0.15) is 5.10 Å². The van der Waals surface area contributed by atoms with E-state index in [1.165, 1.54) is 12.8 Å². The summed E-state index contributed by atoms with van der Waals surface area (Å²) in [6, 6.07) is 1.68. The number of nitrogens with zero attached hydrogens (tertiary/aromatic N) is 4. The third kappa shape index (κ3) is 4.15. The smallest absolute Gasteiger partial charge is 0.273 e. The summed E-state index contributed by atoms with van der Waals surface area (Å²) in [4.78, 5) is 15.1.